The number of hydrogen-bond donors (Lipinski definition) is 2. The lowest BCUT2D eigenvalue weighted by Gasteiger charge is -2.08. The maximum Gasteiger partial charge on any atom is 0.145 e. The van der Waals surface area contributed by atoms with Gasteiger partial charge in [0.25, 0.3) is 0 Å². The van der Waals surface area contributed by atoms with Crippen LogP contribution in [0.15, 0.2) is 24.4 Å². The summed E-state index contributed by atoms with van der Waals surface area (Å²) in [5.74, 6) is 0.387. The molecule has 5 heteroatoms. The van der Waals surface area contributed by atoms with Gasteiger partial charge in [-0.1, -0.05) is 12.1 Å². The molecule has 100 valence electrons. The normalized spacial score (nSPS) is 10.5. The zero-order valence-corrected chi connectivity index (χ0v) is 11.1. The van der Waals surface area contributed by atoms with Crippen LogP contribution in [0.1, 0.15) is 22.5 Å². The van der Waals surface area contributed by atoms with E-state index in [0.717, 1.165) is 17.0 Å². The number of benzene rings is 1. The molecule has 0 radical (unpaired) electrons. The van der Waals surface area contributed by atoms with Crippen molar-refractivity contribution in [1.29, 1.82) is 0 Å². The fraction of sp³-hybridized carbons (Fsp3) is 0.286. The number of aryl methyl sites for hydroxylation is 2. The van der Waals surface area contributed by atoms with Crippen LogP contribution in [0.25, 0.3) is 0 Å². The highest BCUT2D eigenvalue weighted by Crippen LogP contribution is 2.13. The molecule has 0 unspecified atom stereocenters. The Morgan fingerprint density at radius 2 is 2.05 bits per heavy atom. The molecule has 4 nitrogen and oxygen atoms in total. The number of hydrogen-bond acceptors (Lipinski definition) is 4. The van der Waals surface area contributed by atoms with Crippen molar-refractivity contribution in [2.75, 3.05) is 5.32 Å². The molecule has 2 aromatic rings. The van der Waals surface area contributed by atoms with Gasteiger partial charge in [-0.25, -0.2) is 9.37 Å². The molecular weight excluding hydrogens is 243 g/mol. The van der Waals surface area contributed by atoms with E-state index >= 15 is 0 Å². The molecule has 19 heavy (non-hydrogen) atoms. The molecule has 0 aliphatic carbocycles. The van der Waals surface area contributed by atoms with Crippen molar-refractivity contribution < 1.29 is 4.39 Å². The van der Waals surface area contributed by atoms with Crippen molar-refractivity contribution in [2.24, 2.45) is 5.73 Å². The fourth-order valence-corrected chi connectivity index (χ4v) is 1.67. The third-order valence-electron chi connectivity index (χ3n) is 3.01. The SMILES string of the molecule is Cc1ncc(NCc2ccc(CN)cc2F)nc1C. The Labute approximate surface area is 111 Å². The molecule has 0 spiro atoms. The van der Waals surface area contributed by atoms with E-state index in [9.17, 15) is 4.39 Å². The summed E-state index contributed by atoms with van der Waals surface area (Å²) in [6.45, 7) is 4.50. The van der Waals surface area contributed by atoms with Crippen LogP contribution in [-0.2, 0) is 13.1 Å². The van der Waals surface area contributed by atoms with Crippen LogP contribution in [0, 0.1) is 19.7 Å². The second-order valence-corrected chi connectivity index (χ2v) is 4.41. The number of anilines is 1. The molecule has 1 aromatic heterocycles. The molecule has 0 bridgehead atoms. The second kappa shape index (κ2) is 5.75. The number of rotatable bonds is 4. The first-order chi connectivity index (χ1) is 9.10. The summed E-state index contributed by atoms with van der Waals surface area (Å²) in [4.78, 5) is 8.54. The van der Waals surface area contributed by atoms with Gasteiger partial charge in [0.05, 0.1) is 17.6 Å². The Morgan fingerprint density at radius 1 is 1.26 bits per heavy atom. The molecule has 0 fully saturated rings. The number of aromatic nitrogens is 2. The minimum absolute atomic E-state index is 0.257. The molecule has 2 rings (SSSR count). The highest BCUT2D eigenvalue weighted by Gasteiger charge is 2.04. The quantitative estimate of drug-likeness (QED) is 0.885. The van der Waals surface area contributed by atoms with E-state index in [-0.39, 0.29) is 5.82 Å². The molecule has 1 aromatic carbocycles. The third-order valence-corrected chi connectivity index (χ3v) is 3.01. The zero-order chi connectivity index (χ0) is 13.8. The minimum atomic E-state index is -0.257. The van der Waals surface area contributed by atoms with Gasteiger partial charge >= 0.3 is 0 Å². The Bertz CT molecular complexity index is 584. The van der Waals surface area contributed by atoms with E-state index in [2.05, 4.69) is 15.3 Å². The van der Waals surface area contributed by atoms with E-state index in [0.29, 0.717) is 24.5 Å². The van der Waals surface area contributed by atoms with Crippen LogP contribution in [0.3, 0.4) is 0 Å². The number of nitrogens with zero attached hydrogens (tertiary/aromatic N) is 2. The molecule has 0 atom stereocenters. The van der Waals surface area contributed by atoms with Crippen molar-refractivity contribution in [3.63, 3.8) is 0 Å². The van der Waals surface area contributed by atoms with Crippen LogP contribution in [0.5, 0.6) is 0 Å². The van der Waals surface area contributed by atoms with Crippen molar-refractivity contribution in [3.05, 3.63) is 52.7 Å². The van der Waals surface area contributed by atoms with Crippen LogP contribution in [0.4, 0.5) is 10.2 Å². The lowest BCUT2D eigenvalue weighted by molar-refractivity contribution is 0.610. The smallest absolute Gasteiger partial charge is 0.145 e. The highest BCUT2D eigenvalue weighted by molar-refractivity contribution is 5.35. The van der Waals surface area contributed by atoms with Crippen LogP contribution < -0.4 is 11.1 Å². The van der Waals surface area contributed by atoms with Crippen molar-refractivity contribution in [2.45, 2.75) is 26.9 Å². The largest absolute Gasteiger partial charge is 0.365 e. The van der Waals surface area contributed by atoms with Gasteiger partial charge < -0.3 is 11.1 Å². The lowest BCUT2D eigenvalue weighted by Crippen LogP contribution is -2.06. The summed E-state index contributed by atoms with van der Waals surface area (Å²) in [5, 5.41) is 3.06. The highest BCUT2D eigenvalue weighted by atomic mass is 19.1. The molecule has 0 aliphatic rings. The van der Waals surface area contributed by atoms with Gasteiger partial charge in [-0.15, -0.1) is 0 Å². The first kappa shape index (κ1) is 13.4. The average Bonchev–Trinajstić information content (AvgIpc) is 2.41. The van der Waals surface area contributed by atoms with E-state index < -0.39 is 0 Å². The average molecular weight is 260 g/mol. The third kappa shape index (κ3) is 3.26. The topological polar surface area (TPSA) is 63.8 Å². The van der Waals surface area contributed by atoms with E-state index in [1.807, 2.05) is 19.9 Å². The van der Waals surface area contributed by atoms with Crippen LogP contribution >= 0.6 is 0 Å². The standard InChI is InChI=1S/C14H17FN4/c1-9-10(2)19-14(8-17-9)18-7-12-4-3-11(6-16)5-13(12)15/h3-5,8H,6-7,16H2,1-2H3,(H,18,19). The fourth-order valence-electron chi connectivity index (χ4n) is 1.67. The van der Waals surface area contributed by atoms with Gasteiger partial charge in [0.2, 0.25) is 0 Å². The van der Waals surface area contributed by atoms with Gasteiger partial charge in [-0.05, 0) is 25.5 Å². The monoisotopic (exact) mass is 260 g/mol. The summed E-state index contributed by atoms with van der Waals surface area (Å²) in [6, 6.07) is 5.02. The summed E-state index contributed by atoms with van der Waals surface area (Å²) < 4.78 is 13.8. The van der Waals surface area contributed by atoms with Crippen LogP contribution in [0.2, 0.25) is 0 Å². The van der Waals surface area contributed by atoms with E-state index in [1.165, 1.54) is 6.07 Å². The second-order valence-electron chi connectivity index (χ2n) is 4.41. The van der Waals surface area contributed by atoms with Gasteiger partial charge in [0.1, 0.15) is 11.6 Å². The van der Waals surface area contributed by atoms with Crippen molar-refractivity contribution in [3.8, 4) is 0 Å². The molecule has 0 amide bonds. The Hall–Kier alpha value is -2.01. The lowest BCUT2D eigenvalue weighted by atomic mass is 10.1. The van der Waals surface area contributed by atoms with Crippen molar-refractivity contribution >= 4 is 5.82 Å². The zero-order valence-electron chi connectivity index (χ0n) is 11.1. The number of nitrogens with one attached hydrogen (secondary N) is 1. The van der Waals surface area contributed by atoms with E-state index in [4.69, 9.17) is 5.73 Å². The van der Waals surface area contributed by atoms with Crippen LogP contribution in [-0.4, -0.2) is 9.97 Å². The van der Waals surface area contributed by atoms with Gasteiger partial charge in [-0.2, -0.15) is 0 Å². The Balaban J connectivity index is 2.07. The number of nitrogens with two attached hydrogens (primary N) is 1. The summed E-state index contributed by atoms with van der Waals surface area (Å²) in [7, 11) is 0. The molecule has 0 saturated heterocycles. The first-order valence-electron chi connectivity index (χ1n) is 6.11. The maximum absolute atomic E-state index is 13.8. The Kier molecular flexibility index (Phi) is 4.06. The van der Waals surface area contributed by atoms with Gasteiger partial charge in [0.15, 0.2) is 0 Å². The van der Waals surface area contributed by atoms with Gasteiger partial charge in [0, 0.05) is 18.7 Å². The maximum atomic E-state index is 13.8. The molecule has 3 N–H and O–H groups in total. The summed E-state index contributed by atoms with van der Waals surface area (Å²) >= 11 is 0. The summed E-state index contributed by atoms with van der Waals surface area (Å²) in [5.41, 5.74) is 8.59. The van der Waals surface area contributed by atoms with E-state index in [1.54, 1.807) is 12.3 Å². The number of halogens is 1. The molecule has 0 saturated carbocycles. The Morgan fingerprint density at radius 3 is 2.68 bits per heavy atom. The first-order valence-corrected chi connectivity index (χ1v) is 6.11. The predicted molar refractivity (Wildman–Crippen MR) is 73.1 cm³/mol. The molecule has 0 aliphatic heterocycles. The minimum Gasteiger partial charge on any atom is -0.365 e. The van der Waals surface area contributed by atoms with Gasteiger partial charge in [-0.3, -0.25) is 4.98 Å². The van der Waals surface area contributed by atoms with Crippen molar-refractivity contribution in [1.82, 2.24) is 9.97 Å². The predicted octanol–water partition coefficient (Wildman–Crippen LogP) is 2.30. The molecular formula is C14H17FN4. The molecule has 1 heterocycles. The summed E-state index contributed by atoms with van der Waals surface area (Å²) in [6.07, 6.45) is 1.65.